The quantitative estimate of drug-likeness (QED) is 0.332. The number of carboxylic acid groups (broad SMARTS) is 2. The molecule has 0 amide bonds. The van der Waals surface area contributed by atoms with Gasteiger partial charge in [-0.15, -0.1) is 0 Å². The van der Waals surface area contributed by atoms with Crippen LogP contribution in [0.4, 0.5) is 0 Å². The smallest absolute Gasteiger partial charge is 0.385 e. The van der Waals surface area contributed by atoms with Gasteiger partial charge in [0, 0.05) is 11.8 Å². The van der Waals surface area contributed by atoms with Gasteiger partial charge in [0.25, 0.3) is 0 Å². The fourth-order valence-corrected chi connectivity index (χ4v) is 3.62. The van der Waals surface area contributed by atoms with Gasteiger partial charge in [-0.25, -0.2) is 4.79 Å². The number of hydrogen-bond donors (Lipinski definition) is 2. The molecule has 3 unspecified atom stereocenters. The van der Waals surface area contributed by atoms with Crippen molar-refractivity contribution in [1.82, 2.24) is 0 Å². The summed E-state index contributed by atoms with van der Waals surface area (Å²) in [6, 6.07) is 0. The molecule has 0 radical (unpaired) electrons. The number of esters is 1. The number of rotatable bonds is 4. The lowest BCUT2D eigenvalue weighted by atomic mass is 9.72. The first-order chi connectivity index (χ1) is 12.9. The zero-order chi connectivity index (χ0) is 19.8. The first-order valence-corrected chi connectivity index (χ1v) is 9.10. The molecule has 2 fully saturated rings. The second-order valence-electron chi connectivity index (χ2n) is 6.93. The van der Waals surface area contributed by atoms with Crippen LogP contribution in [0.5, 0.6) is 0 Å². The van der Waals surface area contributed by atoms with Gasteiger partial charge in [0.1, 0.15) is 6.10 Å². The van der Waals surface area contributed by atoms with Crippen molar-refractivity contribution in [1.29, 1.82) is 0 Å². The van der Waals surface area contributed by atoms with Gasteiger partial charge in [-0.05, 0) is 62.7 Å². The van der Waals surface area contributed by atoms with Crippen molar-refractivity contribution in [3.05, 3.63) is 0 Å². The van der Waals surface area contributed by atoms with Crippen molar-refractivity contribution in [3.8, 4) is 23.7 Å². The molecule has 0 aliphatic heterocycles. The van der Waals surface area contributed by atoms with Gasteiger partial charge in [0.15, 0.2) is 0 Å². The molecule has 144 valence electrons. The molecule has 3 atom stereocenters. The molecule has 2 aliphatic carbocycles. The fraction of sp³-hybridized carbons (Fsp3) is 0.600. The van der Waals surface area contributed by atoms with E-state index in [9.17, 15) is 24.3 Å². The summed E-state index contributed by atoms with van der Waals surface area (Å²) in [6.45, 7) is 0. The summed E-state index contributed by atoms with van der Waals surface area (Å²) >= 11 is 0. The minimum absolute atomic E-state index is 0.0586. The molecule has 2 aliphatic rings. The zero-order valence-electron chi connectivity index (χ0n) is 14.9. The lowest BCUT2D eigenvalue weighted by Crippen LogP contribution is -2.37. The minimum atomic E-state index is -1.22. The molecule has 0 aromatic heterocycles. The second kappa shape index (κ2) is 9.78. The van der Waals surface area contributed by atoms with Crippen LogP contribution in [0.25, 0.3) is 0 Å². The molecule has 0 aromatic rings. The molecule has 7 nitrogen and oxygen atoms in total. The van der Waals surface area contributed by atoms with Gasteiger partial charge in [-0.3, -0.25) is 14.4 Å². The van der Waals surface area contributed by atoms with E-state index in [2.05, 4.69) is 23.7 Å². The lowest BCUT2D eigenvalue weighted by Gasteiger charge is -2.29. The van der Waals surface area contributed by atoms with Crippen molar-refractivity contribution in [2.75, 3.05) is 0 Å². The largest absolute Gasteiger partial charge is 0.481 e. The Hall–Kier alpha value is -2.80. The van der Waals surface area contributed by atoms with Crippen molar-refractivity contribution >= 4 is 23.7 Å². The Morgan fingerprint density at radius 3 is 2.04 bits per heavy atom. The van der Waals surface area contributed by atoms with E-state index in [1.165, 1.54) is 0 Å². The van der Waals surface area contributed by atoms with Crippen LogP contribution in [-0.4, -0.2) is 40.0 Å². The van der Waals surface area contributed by atoms with Crippen LogP contribution < -0.4 is 0 Å². The second-order valence-corrected chi connectivity index (χ2v) is 6.93. The molecule has 2 N–H and O–H groups in total. The van der Waals surface area contributed by atoms with Crippen molar-refractivity contribution < 1.29 is 34.1 Å². The Labute approximate surface area is 157 Å². The Morgan fingerprint density at radius 1 is 0.778 bits per heavy atom. The van der Waals surface area contributed by atoms with E-state index in [1.807, 2.05) is 0 Å². The van der Waals surface area contributed by atoms with E-state index in [0.29, 0.717) is 0 Å². The maximum atomic E-state index is 12.1. The number of carbonyl (C=O) groups is 4. The zero-order valence-corrected chi connectivity index (χ0v) is 14.9. The van der Waals surface area contributed by atoms with Crippen LogP contribution in [0.1, 0.15) is 51.4 Å². The lowest BCUT2D eigenvalue weighted by molar-refractivity contribution is -0.157. The predicted octanol–water partition coefficient (Wildman–Crippen LogP) is 1.64. The fourth-order valence-electron chi connectivity index (χ4n) is 3.62. The Bertz CT molecular complexity index is 725. The van der Waals surface area contributed by atoms with E-state index < -0.39 is 41.4 Å². The summed E-state index contributed by atoms with van der Waals surface area (Å²) in [5.41, 5.74) is 0. The first kappa shape index (κ1) is 20.5. The highest BCUT2D eigenvalue weighted by molar-refractivity contribution is 5.98. The molecule has 0 spiro atoms. The van der Waals surface area contributed by atoms with Gasteiger partial charge < -0.3 is 14.9 Å². The van der Waals surface area contributed by atoms with Crippen LogP contribution in [-0.2, 0) is 23.9 Å². The number of aliphatic carboxylic acids is 2. The van der Waals surface area contributed by atoms with E-state index in [4.69, 9.17) is 9.84 Å². The number of Topliss-reactive ketones (excluding diaryl/α,β-unsaturated/α-hetero) is 1. The number of hydrogen-bond acceptors (Lipinski definition) is 5. The third-order valence-corrected chi connectivity index (χ3v) is 5.09. The molecule has 27 heavy (non-hydrogen) atoms. The summed E-state index contributed by atoms with van der Waals surface area (Å²) in [5, 5.41) is 18.3. The van der Waals surface area contributed by atoms with Gasteiger partial charge in [0.2, 0.25) is 5.78 Å². The van der Waals surface area contributed by atoms with Crippen molar-refractivity contribution in [2.24, 2.45) is 17.8 Å². The topological polar surface area (TPSA) is 118 Å². The summed E-state index contributed by atoms with van der Waals surface area (Å²) in [5.74, 6) is 2.85. The molecule has 2 rings (SSSR count). The van der Waals surface area contributed by atoms with Crippen LogP contribution in [0.3, 0.4) is 0 Å². The van der Waals surface area contributed by atoms with Gasteiger partial charge in [-0.2, -0.15) is 0 Å². The highest BCUT2D eigenvalue weighted by Gasteiger charge is 2.41. The molecule has 7 heteroatoms. The third kappa shape index (κ3) is 6.14. The molecule has 0 bridgehead atoms. The summed E-state index contributed by atoms with van der Waals surface area (Å²) < 4.78 is 5.20. The Balaban J connectivity index is 1.88. The van der Waals surface area contributed by atoms with Crippen LogP contribution in [0.15, 0.2) is 0 Å². The predicted molar refractivity (Wildman–Crippen MR) is 93.1 cm³/mol. The van der Waals surface area contributed by atoms with Crippen LogP contribution in [0.2, 0.25) is 0 Å². The van der Waals surface area contributed by atoms with Gasteiger partial charge in [0.05, 0.1) is 11.8 Å². The standard InChI is InChI=1S/C20H22O7/c21-17(13-10-11-15(19(23)24)16(12-13)20(25)26)8-4-5-9-18(22)27-14-6-2-1-3-7-14/h13-16H,1-3,6-7,10-12H2,(H,23,24)(H,25,26). The first-order valence-electron chi connectivity index (χ1n) is 9.10. The molecule has 0 heterocycles. The maximum Gasteiger partial charge on any atom is 0.385 e. The SMILES string of the molecule is O=C(C#CC#CC(=O)C1CCC(C(=O)O)C(C(=O)O)C1)OC1CCCCC1. The van der Waals surface area contributed by atoms with Gasteiger partial charge >= 0.3 is 17.9 Å². The average Bonchev–Trinajstić information content (AvgIpc) is 2.65. The van der Waals surface area contributed by atoms with Gasteiger partial charge in [-0.1, -0.05) is 6.42 Å². The molecule has 2 saturated carbocycles. The van der Waals surface area contributed by atoms with E-state index in [0.717, 1.165) is 32.1 Å². The Kier molecular flexibility index (Phi) is 7.43. The van der Waals surface area contributed by atoms with Crippen LogP contribution in [0, 0.1) is 41.4 Å². The normalized spacial score (nSPS) is 25.1. The number of carboxylic acids is 2. The van der Waals surface area contributed by atoms with E-state index >= 15 is 0 Å². The highest BCUT2D eigenvalue weighted by Crippen LogP contribution is 2.34. The third-order valence-electron chi connectivity index (χ3n) is 5.09. The number of carbonyl (C=O) groups excluding carboxylic acids is 2. The summed E-state index contributed by atoms with van der Waals surface area (Å²) in [4.78, 5) is 46.1. The number of ether oxygens (including phenoxy) is 1. The monoisotopic (exact) mass is 374 g/mol. The molecule has 0 saturated heterocycles. The minimum Gasteiger partial charge on any atom is -0.481 e. The van der Waals surface area contributed by atoms with Crippen LogP contribution >= 0.6 is 0 Å². The molecular formula is C20H22O7. The maximum absolute atomic E-state index is 12.1. The average molecular weight is 374 g/mol. The summed E-state index contributed by atoms with van der Waals surface area (Å²) in [6.07, 6.45) is 5.09. The van der Waals surface area contributed by atoms with Crippen molar-refractivity contribution in [3.63, 3.8) is 0 Å². The Morgan fingerprint density at radius 2 is 1.41 bits per heavy atom. The highest BCUT2D eigenvalue weighted by atomic mass is 16.5. The van der Waals surface area contributed by atoms with E-state index in [-0.39, 0.29) is 25.4 Å². The number of ketones is 1. The molecule has 0 aromatic carbocycles. The van der Waals surface area contributed by atoms with E-state index in [1.54, 1.807) is 0 Å². The molecular weight excluding hydrogens is 352 g/mol. The van der Waals surface area contributed by atoms with Crippen molar-refractivity contribution in [2.45, 2.75) is 57.5 Å². The summed E-state index contributed by atoms with van der Waals surface area (Å²) in [7, 11) is 0.